The Hall–Kier alpha value is -1.86. The van der Waals surface area contributed by atoms with E-state index in [-0.39, 0.29) is 24.6 Å². The average Bonchev–Trinajstić information content (AvgIpc) is 2.47. The lowest BCUT2D eigenvalue weighted by Crippen LogP contribution is -2.45. The van der Waals surface area contributed by atoms with Gasteiger partial charge in [-0.1, -0.05) is 30.2 Å². The maximum absolute atomic E-state index is 13.1. The Morgan fingerprint density at radius 1 is 1.28 bits per heavy atom. The van der Waals surface area contributed by atoms with Crippen molar-refractivity contribution in [2.75, 3.05) is 0 Å². The molecule has 1 atom stereocenters. The zero-order valence-electron chi connectivity index (χ0n) is 15.0. The zero-order valence-corrected chi connectivity index (χ0v) is 15.7. The number of Topliss-reactive ketones (excluding diaryl/α,β-unsaturated/α-hetero) is 1. The minimum absolute atomic E-state index is 0.0674. The first-order valence-corrected chi connectivity index (χ1v) is 8.97. The fraction of sp³-hybridized carbons (Fsp3) is 0.550. The number of nitriles is 1. The summed E-state index contributed by atoms with van der Waals surface area (Å²) in [5, 5.41) is 10.1. The summed E-state index contributed by atoms with van der Waals surface area (Å²) >= 11 is 5.94. The van der Waals surface area contributed by atoms with Gasteiger partial charge < -0.3 is 4.74 Å². The van der Waals surface area contributed by atoms with Crippen LogP contribution in [0.4, 0.5) is 0 Å². The SMILES string of the molecule is CC(C)(C)OC(=O)CCC(C#N)C(=O)C1(c2ccc(Cl)cc2)CCC1. The van der Waals surface area contributed by atoms with Crippen LogP contribution in [-0.4, -0.2) is 17.4 Å². The molecular weight excluding hydrogens is 338 g/mol. The van der Waals surface area contributed by atoms with E-state index in [1.807, 2.05) is 12.1 Å². The van der Waals surface area contributed by atoms with Gasteiger partial charge in [-0.15, -0.1) is 0 Å². The van der Waals surface area contributed by atoms with Crippen molar-refractivity contribution in [1.29, 1.82) is 5.26 Å². The van der Waals surface area contributed by atoms with E-state index in [1.54, 1.807) is 32.9 Å². The van der Waals surface area contributed by atoms with Crippen LogP contribution in [0.5, 0.6) is 0 Å². The van der Waals surface area contributed by atoms with Gasteiger partial charge in [-0.05, 0) is 57.7 Å². The van der Waals surface area contributed by atoms with Gasteiger partial charge in [0, 0.05) is 11.4 Å². The normalized spacial score (nSPS) is 17.1. The number of ether oxygens (including phenoxy) is 1. The van der Waals surface area contributed by atoms with Crippen LogP contribution in [-0.2, 0) is 19.7 Å². The lowest BCUT2D eigenvalue weighted by Gasteiger charge is -2.42. The Morgan fingerprint density at radius 3 is 2.32 bits per heavy atom. The quantitative estimate of drug-likeness (QED) is 0.695. The van der Waals surface area contributed by atoms with E-state index >= 15 is 0 Å². The summed E-state index contributed by atoms with van der Waals surface area (Å²) < 4.78 is 5.26. The highest BCUT2D eigenvalue weighted by Gasteiger charge is 2.47. The molecule has 1 saturated carbocycles. The number of nitrogens with zero attached hydrogens (tertiary/aromatic N) is 1. The fourth-order valence-corrected chi connectivity index (χ4v) is 3.35. The van der Waals surface area contributed by atoms with Crippen molar-refractivity contribution in [2.24, 2.45) is 5.92 Å². The summed E-state index contributed by atoms with van der Waals surface area (Å²) in [5.41, 5.74) is -0.272. The molecule has 1 aromatic carbocycles. The molecule has 5 heteroatoms. The molecule has 0 aliphatic heterocycles. The Kier molecular flexibility index (Phi) is 5.90. The monoisotopic (exact) mass is 361 g/mol. The number of esters is 1. The Balaban J connectivity index is 2.09. The number of benzene rings is 1. The zero-order chi connectivity index (χ0) is 18.7. The summed E-state index contributed by atoms with van der Waals surface area (Å²) in [6.07, 6.45) is 2.69. The molecule has 0 amide bonds. The van der Waals surface area contributed by atoms with Crippen molar-refractivity contribution in [2.45, 2.75) is 63.9 Å². The Bertz CT molecular complexity index is 678. The van der Waals surface area contributed by atoms with Crippen molar-refractivity contribution in [3.8, 4) is 6.07 Å². The van der Waals surface area contributed by atoms with E-state index in [0.29, 0.717) is 5.02 Å². The van der Waals surface area contributed by atoms with Crippen molar-refractivity contribution >= 4 is 23.4 Å². The summed E-state index contributed by atoms with van der Waals surface area (Å²) in [6, 6.07) is 9.36. The van der Waals surface area contributed by atoms with E-state index in [4.69, 9.17) is 16.3 Å². The number of ketones is 1. The van der Waals surface area contributed by atoms with E-state index < -0.39 is 16.9 Å². The number of rotatable bonds is 6. The second-order valence-corrected chi connectivity index (χ2v) is 8.05. The molecule has 1 aromatic rings. The molecule has 0 saturated heterocycles. The summed E-state index contributed by atoms with van der Waals surface area (Å²) in [5.74, 6) is -1.27. The first-order valence-electron chi connectivity index (χ1n) is 8.60. The molecule has 25 heavy (non-hydrogen) atoms. The van der Waals surface area contributed by atoms with Crippen LogP contribution < -0.4 is 0 Å². The van der Waals surface area contributed by atoms with Gasteiger partial charge in [-0.25, -0.2) is 0 Å². The van der Waals surface area contributed by atoms with Gasteiger partial charge in [0.05, 0.1) is 11.5 Å². The summed E-state index contributed by atoms with van der Waals surface area (Å²) in [7, 11) is 0. The average molecular weight is 362 g/mol. The van der Waals surface area contributed by atoms with Crippen molar-refractivity contribution in [3.05, 3.63) is 34.9 Å². The molecule has 4 nitrogen and oxygen atoms in total. The maximum Gasteiger partial charge on any atom is 0.306 e. The second kappa shape index (κ2) is 7.58. The highest BCUT2D eigenvalue weighted by Crippen LogP contribution is 2.46. The highest BCUT2D eigenvalue weighted by molar-refractivity contribution is 6.30. The first kappa shape index (κ1) is 19.5. The van der Waals surface area contributed by atoms with Crippen LogP contribution in [0.1, 0.15) is 58.4 Å². The van der Waals surface area contributed by atoms with Gasteiger partial charge in [0.15, 0.2) is 5.78 Å². The minimum Gasteiger partial charge on any atom is -0.460 e. The molecule has 2 rings (SSSR count). The molecule has 1 aliphatic rings. The van der Waals surface area contributed by atoms with Crippen LogP contribution in [0.25, 0.3) is 0 Å². The van der Waals surface area contributed by atoms with Gasteiger partial charge in [0.2, 0.25) is 0 Å². The highest BCUT2D eigenvalue weighted by atomic mass is 35.5. The molecule has 1 unspecified atom stereocenters. The van der Waals surface area contributed by atoms with E-state index in [9.17, 15) is 14.9 Å². The third-order valence-electron chi connectivity index (χ3n) is 4.61. The van der Waals surface area contributed by atoms with Crippen molar-refractivity contribution in [3.63, 3.8) is 0 Å². The predicted molar refractivity (Wildman–Crippen MR) is 96.2 cm³/mol. The van der Waals surface area contributed by atoms with E-state index in [1.165, 1.54) is 0 Å². The van der Waals surface area contributed by atoms with E-state index in [0.717, 1.165) is 24.8 Å². The van der Waals surface area contributed by atoms with Gasteiger partial charge in [-0.2, -0.15) is 5.26 Å². The number of hydrogen-bond donors (Lipinski definition) is 0. The van der Waals surface area contributed by atoms with Crippen LogP contribution in [0.2, 0.25) is 5.02 Å². The lowest BCUT2D eigenvalue weighted by molar-refractivity contribution is -0.155. The molecule has 0 aromatic heterocycles. The van der Waals surface area contributed by atoms with Crippen LogP contribution in [0.15, 0.2) is 24.3 Å². The summed E-state index contributed by atoms with van der Waals surface area (Å²) in [4.78, 5) is 24.9. The Morgan fingerprint density at radius 2 is 1.88 bits per heavy atom. The third-order valence-corrected chi connectivity index (χ3v) is 4.86. The predicted octanol–water partition coefficient (Wildman–Crippen LogP) is 4.59. The number of halogens is 1. The standard InChI is InChI=1S/C20H24ClNO3/c1-19(2,3)25-17(23)10-5-14(13-22)18(24)20(11-4-12-20)15-6-8-16(21)9-7-15/h6-9,14H,4-5,10-12H2,1-3H3. The largest absolute Gasteiger partial charge is 0.460 e. The molecule has 0 N–H and O–H groups in total. The summed E-state index contributed by atoms with van der Waals surface area (Å²) in [6.45, 7) is 5.38. The van der Waals surface area contributed by atoms with E-state index in [2.05, 4.69) is 6.07 Å². The van der Waals surface area contributed by atoms with Crippen molar-refractivity contribution < 1.29 is 14.3 Å². The second-order valence-electron chi connectivity index (χ2n) is 7.61. The fourth-order valence-electron chi connectivity index (χ4n) is 3.22. The van der Waals surface area contributed by atoms with Gasteiger partial charge in [-0.3, -0.25) is 9.59 Å². The lowest BCUT2D eigenvalue weighted by atomic mass is 9.59. The molecule has 1 aliphatic carbocycles. The molecule has 1 fully saturated rings. The molecule has 0 bridgehead atoms. The topological polar surface area (TPSA) is 67.2 Å². The molecule has 0 spiro atoms. The molecule has 0 heterocycles. The van der Waals surface area contributed by atoms with Crippen LogP contribution >= 0.6 is 11.6 Å². The van der Waals surface area contributed by atoms with Gasteiger partial charge >= 0.3 is 5.97 Å². The van der Waals surface area contributed by atoms with Crippen LogP contribution in [0, 0.1) is 17.2 Å². The first-order chi connectivity index (χ1) is 11.7. The molecular formula is C20H24ClNO3. The van der Waals surface area contributed by atoms with Crippen molar-refractivity contribution in [1.82, 2.24) is 0 Å². The third kappa shape index (κ3) is 4.61. The number of hydrogen-bond acceptors (Lipinski definition) is 4. The van der Waals surface area contributed by atoms with Crippen LogP contribution in [0.3, 0.4) is 0 Å². The smallest absolute Gasteiger partial charge is 0.306 e. The molecule has 0 radical (unpaired) electrons. The number of carbonyl (C=O) groups is 2. The maximum atomic E-state index is 13.1. The molecule has 134 valence electrons. The Labute approximate surface area is 154 Å². The van der Waals surface area contributed by atoms with Gasteiger partial charge in [0.1, 0.15) is 11.5 Å². The minimum atomic E-state index is -0.802. The van der Waals surface area contributed by atoms with Gasteiger partial charge in [0.25, 0.3) is 0 Å². The number of carbonyl (C=O) groups excluding carboxylic acids is 2.